The van der Waals surface area contributed by atoms with Crippen LogP contribution in [0.4, 0.5) is 33.7 Å². The fourth-order valence-corrected chi connectivity index (χ4v) is 5.07. The molecule has 44 heavy (non-hydrogen) atoms. The van der Waals surface area contributed by atoms with E-state index < -0.39 is 24.0 Å². The lowest BCUT2D eigenvalue weighted by molar-refractivity contribution is -0.274. The third-order valence-electron chi connectivity index (χ3n) is 6.21. The quantitative estimate of drug-likeness (QED) is 0.241. The summed E-state index contributed by atoms with van der Waals surface area (Å²) in [6, 6.07) is 10.6. The van der Waals surface area contributed by atoms with Gasteiger partial charge in [-0.15, -0.1) is 18.3 Å². The molecule has 4 aromatic rings. The van der Waals surface area contributed by atoms with Crippen molar-refractivity contribution in [1.82, 2.24) is 19.7 Å². The Hall–Kier alpha value is -4.99. The summed E-state index contributed by atoms with van der Waals surface area (Å²) in [6.07, 6.45) is -2.72. The number of pyridine rings is 1. The van der Waals surface area contributed by atoms with Crippen LogP contribution < -0.4 is 19.7 Å². The van der Waals surface area contributed by atoms with E-state index in [1.807, 2.05) is 19.9 Å². The van der Waals surface area contributed by atoms with Gasteiger partial charge in [-0.25, -0.2) is 23.8 Å². The molecule has 11 nitrogen and oxygen atoms in total. The number of thioether (sulfide) groups is 1. The number of methoxy groups -OCH3 is 1. The average molecular weight is 630 g/mol. The number of aromatic nitrogens is 4. The lowest BCUT2D eigenvalue weighted by Crippen LogP contribution is -2.31. The van der Waals surface area contributed by atoms with Crippen LogP contribution in [0.2, 0.25) is 0 Å². The molecule has 1 aliphatic heterocycles. The molecule has 0 spiro atoms. The van der Waals surface area contributed by atoms with Crippen molar-refractivity contribution in [2.45, 2.75) is 26.1 Å². The molecular weight excluding hydrogens is 606 g/mol. The van der Waals surface area contributed by atoms with Gasteiger partial charge >= 0.3 is 12.4 Å². The molecule has 228 valence electrons. The normalized spacial score (nSPS) is 14.4. The molecule has 1 fully saturated rings. The molecule has 3 heterocycles. The molecule has 2 aromatic carbocycles. The largest absolute Gasteiger partial charge is 0.573 e. The molecule has 1 aliphatic rings. The van der Waals surface area contributed by atoms with E-state index in [4.69, 9.17) is 4.74 Å². The van der Waals surface area contributed by atoms with Gasteiger partial charge in [0.05, 0.1) is 30.4 Å². The number of anilines is 2. The van der Waals surface area contributed by atoms with E-state index >= 15 is 4.39 Å². The van der Waals surface area contributed by atoms with Crippen molar-refractivity contribution in [2.24, 2.45) is 4.99 Å². The smallest absolute Gasteiger partial charge is 0.497 e. The summed E-state index contributed by atoms with van der Waals surface area (Å²) in [5.74, 6) is -0.663. The van der Waals surface area contributed by atoms with Crippen LogP contribution in [-0.2, 0) is 4.79 Å². The Morgan fingerprint density at radius 2 is 1.86 bits per heavy atom. The lowest BCUT2D eigenvalue weighted by Gasteiger charge is -2.22. The highest BCUT2D eigenvalue weighted by atomic mass is 32.2. The number of carbonyl (C=O) groups excluding carboxylic acids is 2. The number of rotatable bonds is 7. The molecule has 0 atom stereocenters. The van der Waals surface area contributed by atoms with Crippen molar-refractivity contribution in [2.75, 3.05) is 23.1 Å². The first-order valence-corrected chi connectivity index (χ1v) is 13.9. The number of benzene rings is 2. The van der Waals surface area contributed by atoms with Crippen LogP contribution >= 0.6 is 11.8 Å². The van der Waals surface area contributed by atoms with Crippen LogP contribution in [0.15, 0.2) is 66.0 Å². The van der Waals surface area contributed by atoms with Crippen LogP contribution in [0.3, 0.4) is 0 Å². The fourth-order valence-electron chi connectivity index (χ4n) is 4.21. The number of aliphatic imine (C=N–C) groups is 1. The lowest BCUT2D eigenvalue weighted by atomic mass is 10.00. The maximum absolute atomic E-state index is 15.0. The van der Waals surface area contributed by atoms with Crippen molar-refractivity contribution in [3.63, 3.8) is 0 Å². The predicted octanol–water partition coefficient (Wildman–Crippen LogP) is 6.17. The van der Waals surface area contributed by atoms with E-state index in [1.54, 1.807) is 12.1 Å². The minimum Gasteiger partial charge on any atom is -0.497 e. The molecule has 1 saturated heterocycles. The Kier molecular flexibility index (Phi) is 8.53. The summed E-state index contributed by atoms with van der Waals surface area (Å²) in [5, 5.41) is 6.72. The molecular formula is C28H23F4N7O4S. The van der Waals surface area contributed by atoms with E-state index in [2.05, 4.69) is 30.1 Å². The summed E-state index contributed by atoms with van der Waals surface area (Å²) < 4.78 is 62.5. The Balaban J connectivity index is 1.31. The van der Waals surface area contributed by atoms with Gasteiger partial charge < -0.3 is 14.8 Å². The first-order chi connectivity index (χ1) is 20.9. The Labute approximate surface area is 251 Å². The van der Waals surface area contributed by atoms with E-state index in [0.717, 1.165) is 35.7 Å². The first kappa shape index (κ1) is 30.5. The van der Waals surface area contributed by atoms with Crippen LogP contribution in [0, 0.1) is 5.82 Å². The monoisotopic (exact) mass is 629 g/mol. The molecule has 2 aromatic heterocycles. The van der Waals surface area contributed by atoms with Gasteiger partial charge in [-0.05, 0) is 47.9 Å². The fraction of sp³-hybridized carbons (Fsp3) is 0.214. The zero-order valence-corrected chi connectivity index (χ0v) is 24.1. The van der Waals surface area contributed by atoms with Crippen LogP contribution in [-0.4, -0.2) is 56.1 Å². The maximum Gasteiger partial charge on any atom is 0.573 e. The number of amides is 3. The van der Waals surface area contributed by atoms with Gasteiger partial charge in [-0.1, -0.05) is 31.7 Å². The third-order valence-corrected chi connectivity index (χ3v) is 7.14. The van der Waals surface area contributed by atoms with E-state index in [9.17, 15) is 22.8 Å². The molecule has 16 heteroatoms. The number of hydrogen-bond donors (Lipinski definition) is 1. The maximum atomic E-state index is 15.0. The number of amidine groups is 1. The predicted molar refractivity (Wildman–Crippen MR) is 155 cm³/mol. The topological polar surface area (TPSA) is 124 Å². The highest BCUT2D eigenvalue weighted by molar-refractivity contribution is 8.15. The number of halogens is 4. The number of urea groups is 1. The van der Waals surface area contributed by atoms with Gasteiger partial charge in [0.2, 0.25) is 5.91 Å². The van der Waals surface area contributed by atoms with Crippen LogP contribution in [0.5, 0.6) is 11.5 Å². The number of nitrogens with one attached hydrogen (secondary N) is 1. The molecule has 5 rings (SSSR count). The molecule has 1 N–H and O–H groups in total. The standard InChI is InChI=1S/C28H23F4N7O4S/c1-15(2)19-7-5-17(42-3)11-22(19)39-24(40)13-44-27(39)36-26(41)35-21-8-4-16(10-20(21)29)25-34-14-38(37-25)23-9-6-18(12-33-23)43-28(30,31)32/h4-12,14-15H,13H2,1-3H3,(H,35,41)/b36-27-. The second kappa shape index (κ2) is 12.3. The molecule has 0 bridgehead atoms. The van der Waals surface area contributed by atoms with Gasteiger partial charge in [0.25, 0.3) is 0 Å². The van der Waals surface area contributed by atoms with E-state index in [-0.39, 0.29) is 45.6 Å². The first-order valence-electron chi connectivity index (χ1n) is 12.9. The van der Waals surface area contributed by atoms with Crippen molar-refractivity contribution < 1.29 is 36.6 Å². The Morgan fingerprint density at radius 1 is 1.09 bits per heavy atom. The van der Waals surface area contributed by atoms with Gasteiger partial charge in [0.1, 0.15) is 23.6 Å². The van der Waals surface area contributed by atoms with Crippen LogP contribution in [0.1, 0.15) is 25.3 Å². The summed E-state index contributed by atoms with van der Waals surface area (Å²) in [4.78, 5) is 39.0. The minimum atomic E-state index is -4.85. The molecule has 0 saturated carbocycles. The van der Waals surface area contributed by atoms with Gasteiger partial charge in [-0.3, -0.25) is 9.69 Å². The Bertz CT molecular complexity index is 1740. The van der Waals surface area contributed by atoms with Crippen molar-refractivity contribution in [1.29, 1.82) is 0 Å². The van der Waals surface area contributed by atoms with Crippen molar-refractivity contribution in [3.05, 3.63) is 72.4 Å². The summed E-state index contributed by atoms with van der Waals surface area (Å²) >= 11 is 1.08. The number of hydrogen-bond acceptors (Lipinski definition) is 8. The molecule has 0 aliphatic carbocycles. The molecule has 3 amide bonds. The number of alkyl halides is 3. The SMILES string of the molecule is COc1ccc(C(C)C)c(N2C(=O)CS/C2=N\C(=O)Nc2ccc(-c3ncn(-c4ccc(OC(F)(F)F)cn4)n3)cc2F)c1. The zero-order valence-electron chi connectivity index (χ0n) is 23.3. The molecule has 0 unspecified atom stereocenters. The molecule has 0 radical (unpaired) electrons. The van der Waals surface area contributed by atoms with E-state index in [0.29, 0.717) is 11.4 Å². The second-order valence-corrected chi connectivity index (χ2v) is 10.5. The average Bonchev–Trinajstić information content (AvgIpc) is 3.60. The summed E-state index contributed by atoms with van der Waals surface area (Å²) in [7, 11) is 1.51. The number of ether oxygens (including phenoxy) is 2. The number of carbonyl (C=O) groups is 2. The van der Waals surface area contributed by atoms with Crippen LogP contribution in [0.25, 0.3) is 17.2 Å². The third kappa shape index (κ3) is 6.80. The summed E-state index contributed by atoms with van der Waals surface area (Å²) in [6.45, 7) is 3.94. The zero-order chi connectivity index (χ0) is 31.6. The summed E-state index contributed by atoms with van der Waals surface area (Å²) in [5.41, 5.74) is 1.49. The van der Waals surface area contributed by atoms with Gasteiger partial charge in [0.15, 0.2) is 16.8 Å². The van der Waals surface area contributed by atoms with E-state index in [1.165, 1.54) is 41.2 Å². The highest BCUT2D eigenvalue weighted by Gasteiger charge is 2.33. The van der Waals surface area contributed by atoms with Gasteiger partial charge in [0, 0.05) is 11.6 Å². The Morgan fingerprint density at radius 3 is 2.52 bits per heavy atom. The van der Waals surface area contributed by atoms with Crippen molar-refractivity contribution >= 4 is 40.2 Å². The second-order valence-electron chi connectivity index (χ2n) is 9.53. The highest BCUT2D eigenvalue weighted by Crippen LogP contribution is 2.36. The van der Waals surface area contributed by atoms with Gasteiger partial charge in [-0.2, -0.15) is 4.99 Å². The minimum absolute atomic E-state index is 0.0626. The number of nitrogens with zero attached hydrogens (tertiary/aromatic N) is 6. The van der Waals surface area contributed by atoms with Crippen molar-refractivity contribution in [3.8, 4) is 28.7 Å².